The lowest BCUT2D eigenvalue weighted by Crippen LogP contribution is -2.46. The topological polar surface area (TPSA) is 47.6 Å². The number of pyridine rings is 1. The number of rotatable bonds is 4. The molecule has 0 aliphatic carbocycles. The van der Waals surface area contributed by atoms with Crippen molar-refractivity contribution in [3.05, 3.63) is 64.0 Å². The van der Waals surface area contributed by atoms with Gasteiger partial charge in [0.2, 0.25) is 0 Å². The maximum Gasteiger partial charge on any atom is 0.137 e. The molecule has 3 aromatic rings. The predicted octanol–water partition coefficient (Wildman–Crippen LogP) is 3.96. The van der Waals surface area contributed by atoms with E-state index in [1.54, 1.807) is 0 Å². The van der Waals surface area contributed by atoms with E-state index in [1.807, 2.05) is 47.1 Å². The van der Waals surface area contributed by atoms with Gasteiger partial charge < -0.3 is 14.7 Å². The number of aromatic nitrogens is 2. The summed E-state index contributed by atoms with van der Waals surface area (Å²) in [4.78, 5) is 9.39. The van der Waals surface area contributed by atoms with Crippen LogP contribution in [0.4, 0.5) is 5.69 Å². The summed E-state index contributed by atoms with van der Waals surface area (Å²) in [5, 5.41) is 8.99. The lowest BCUT2D eigenvalue weighted by Gasteiger charge is -2.36. The molecular weight excluding hydrogens is 369 g/mol. The third kappa shape index (κ3) is 3.56. The third-order valence-corrected chi connectivity index (χ3v) is 5.17. The molecule has 7 heteroatoms. The average Bonchev–Trinajstić information content (AvgIpc) is 3.03. The monoisotopic (exact) mass is 387 g/mol. The van der Waals surface area contributed by atoms with Crippen LogP contribution in [0.25, 0.3) is 5.65 Å². The maximum absolute atomic E-state index is 7.62. The van der Waals surface area contributed by atoms with Gasteiger partial charge in [0.25, 0.3) is 0 Å². The summed E-state index contributed by atoms with van der Waals surface area (Å²) < 4.78 is 1.97. The van der Waals surface area contributed by atoms with E-state index in [0.717, 1.165) is 55.3 Å². The molecule has 0 radical (unpaired) electrons. The zero-order valence-corrected chi connectivity index (χ0v) is 15.7. The highest BCUT2D eigenvalue weighted by Gasteiger charge is 2.20. The Hall–Kier alpha value is -2.08. The molecule has 0 unspecified atom stereocenters. The standard InChI is InChI=1S/C19H19Cl2N5/c20-15-1-3-18(14(9-15)10-22)25-7-5-24(6-8-25)12-17-13-26-11-16(21)2-4-19(26)23-17/h1-4,9-11,13,22H,5-8,12H2. The predicted molar refractivity (Wildman–Crippen MR) is 107 cm³/mol. The zero-order chi connectivity index (χ0) is 18.1. The number of hydrogen-bond donors (Lipinski definition) is 1. The molecule has 0 saturated carbocycles. The zero-order valence-electron chi connectivity index (χ0n) is 14.2. The van der Waals surface area contributed by atoms with Crippen LogP contribution in [0.3, 0.4) is 0 Å². The highest BCUT2D eigenvalue weighted by molar-refractivity contribution is 6.31. The minimum absolute atomic E-state index is 0.665. The van der Waals surface area contributed by atoms with Crippen molar-refractivity contribution >= 4 is 40.8 Å². The summed E-state index contributed by atoms with van der Waals surface area (Å²) in [5.74, 6) is 0. The number of nitrogens with zero attached hydrogens (tertiary/aromatic N) is 4. The Labute approximate surface area is 162 Å². The van der Waals surface area contributed by atoms with Crippen LogP contribution in [0, 0.1) is 5.41 Å². The number of benzene rings is 1. The normalized spacial score (nSPS) is 15.5. The molecule has 1 saturated heterocycles. The Balaban J connectivity index is 1.42. The molecule has 3 heterocycles. The Morgan fingerprint density at radius 2 is 1.77 bits per heavy atom. The van der Waals surface area contributed by atoms with Crippen molar-refractivity contribution in [1.82, 2.24) is 14.3 Å². The van der Waals surface area contributed by atoms with Gasteiger partial charge in [-0.3, -0.25) is 4.90 Å². The molecule has 2 aromatic heterocycles. The van der Waals surface area contributed by atoms with Crippen molar-refractivity contribution in [2.75, 3.05) is 31.1 Å². The van der Waals surface area contributed by atoms with Crippen LogP contribution in [-0.4, -0.2) is 46.7 Å². The minimum Gasteiger partial charge on any atom is -0.368 e. The summed E-state index contributed by atoms with van der Waals surface area (Å²) in [6.07, 6.45) is 5.29. The number of imidazole rings is 1. The molecule has 0 atom stereocenters. The Kier molecular flexibility index (Phi) is 4.85. The van der Waals surface area contributed by atoms with Crippen molar-refractivity contribution in [1.29, 1.82) is 5.41 Å². The molecule has 1 fully saturated rings. The first kappa shape index (κ1) is 17.3. The summed E-state index contributed by atoms with van der Waals surface area (Å²) in [7, 11) is 0. The van der Waals surface area contributed by atoms with Gasteiger partial charge in [0.1, 0.15) is 5.65 Å². The van der Waals surface area contributed by atoms with E-state index in [1.165, 1.54) is 6.21 Å². The van der Waals surface area contributed by atoms with Gasteiger partial charge in [0, 0.05) is 67.6 Å². The van der Waals surface area contributed by atoms with E-state index >= 15 is 0 Å². The second-order valence-electron chi connectivity index (χ2n) is 6.46. The number of nitrogens with one attached hydrogen (secondary N) is 1. The van der Waals surface area contributed by atoms with Crippen LogP contribution in [0.1, 0.15) is 11.3 Å². The summed E-state index contributed by atoms with van der Waals surface area (Å²) in [6.45, 7) is 4.57. The molecular formula is C19H19Cl2N5. The molecule has 1 aliphatic heterocycles. The highest BCUT2D eigenvalue weighted by Crippen LogP contribution is 2.24. The van der Waals surface area contributed by atoms with E-state index in [-0.39, 0.29) is 0 Å². The molecule has 0 bridgehead atoms. The molecule has 1 aromatic carbocycles. The fourth-order valence-electron chi connectivity index (χ4n) is 3.40. The molecule has 134 valence electrons. The van der Waals surface area contributed by atoms with Crippen molar-refractivity contribution in [3.63, 3.8) is 0 Å². The van der Waals surface area contributed by atoms with Gasteiger partial charge in [-0.25, -0.2) is 4.98 Å². The van der Waals surface area contributed by atoms with E-state index in [9.17, 15) is 0 Å². The first-order chi connectivity index (χ1) is 12.6. The van der Waals surface area contributed by atoms with E-state index < -0.39 is 0 Å². The molecule has 1 aliphatic rings. The minimum atomic E-state index is 0.665. The highest BCUT2D eigenvalue weighted by atomic mass is 35.5. The van der Waals surface area contributed by atoms with Gasteiger partial charge in [-0.1, -0.05) is 23.2 Å². The van der Waals surface area contributed by atoms with Gasteiger partial charge in [-0.2, -0.15) is 0 Å². The van der Waals surface area contributed by atoms with Crippen LogP contribution in [0.5, 0.6) is 0 Å². The Morgan fingerprint density at radius 3 is 2.54 bits per heavy atom. The first-order valence-electron chi connectivity index (χ1n) is 8.53. The number of anilines is 1. The second kappa shape index (κ2) is 7.27. The van der Waals surface area contributed by atoms with Crippen molar-refractivity contribution in [2.24, 2.45) is 0 Å². The van der Waals surface area contributed by atoms with Crippen LogP contribution >= 0.6 is 23.2 Å². The fourth-order valence-corrected chi connectivity index (χ4v) is 3.75. The van der Waals surface area contributed by atoms with Gasteiger partial charge in [0.15, 0.2) is 0 Å². The number of fused-ring (bicyclic) bond motifs is 1. The van der Waals surface area contributed by atoms with Crippen molar-refractivity contribution in [2.45, 2.75) is 6.54 Å². The summed E-state index contributed by atoms with van der Waals surface area (Å²) in [5.41, 5.74) is 3.90. The molecule has 0 spiro atoms. The molecule has 26 heavy (non-hydrogen) atoms. The van der Waals surface area contributed by atoms with E-state index in [2.05, 4.69) is 14.8 Å². The fraction of sp³-hybridized carbons (Fsp3) is 0.263. The van der Waals surface area contributed by atoms with Gasteiger partial charge >= 0.3 is 0 Å². The molecule has 1 N–H and O–H groups in total. The van der Waals surface area contributed by atoms with Crippen LogP contribution in [0.15, 0.2) is 42.7 Å². The van der Waals surface area contributed by atoms with Crippen LogP contribution in [-0.2, 0) is 6.54 Å². The van der Waals surface area contributed by atoms with Gasteiger partial charge in [0.05, 0.1) is 10.7 Å². The second-order valence-corrected chi connectivity index (χ2v) is 7.33. The lowest BCUT2D eigenvalue weighted by molar-refractivity contribution is 0.247. The van der Waals surface area contributed by atoms with Crippen molar-refractivity contribution in [3.8, 4) is 0 Å². The molecule has 5 nitrogen and oxygen atoms in total. The average molecular weight is 388 g/mol. The molecule has 0 amide bonds. The lowest BCUT2D eigenvalue weighted by atomic mass is 10.1. The smallest absolute Gasteiger partial charge is 0.137 e. The largest absolute Gasteiger partial charge is 0.368 e. The van der Waals surface area contributed by atoms with E-state index in [4.69, 9.17) is 28.6 Å². The maximum atomic E-state index is 7.62. The van der Waals surface area contributed by atoms with Crippen molar-refractivity contribution < 1.29 is 0 Å². The van der Waals surface area contributed by atoms with Crippen LogP contribution < -0.4 is 4.90 Å². The number of hydrogen-bond acceptors (Lipinski definition) is 4. The number of halogens is 2. The summed E-state index contributed by atoms with van der Waals surface area (Å²) >= 11 is 12.1. The van der Waals surface area contributed by atoms with Crippen LogP contribution in [0.2, 0.25) is 10.0 Å². The van der Waals surface area contributed by atoms with Gasteiger partial charge in [-0.05, 0) is 30.3 Å². The first-order valence-corrected chi connectivity index (χ1v) is 9.28. The number of piperazine rings is 1. The Bertz CT molecular complexity index is 944. The Morgan fingerprint density at radius 1 is 1.00 bits per heavy atom. The quantitative estimate of drug-likeness (QED) is 0.689. The van der Waals surface area contributed by atoms with Gasteiger partial charge in [-0.15, -0.1) is 0 Å². The third-order valence-electron chi connectivity index (χ3n) is 4.71. The van der Waals surface area contributed by atoms with E-state index in [0.29, 0.717) is 10.0 Å². The SMILES string of the molecule is N=Cc1cc(Cl)ccc1N1CCN(Cc2cn3cc(Cl)ccc3n2)CC1. The molecule has 4 rings (SSSR count). The summed E-state index contributed by atoms with van der Waals surface area (Å²) in [6, 6.07) is 9.53.